The minimum atomic E-state index is 0.0562. The monoisotopic (exact) mass is 241 g/mol. The average Bonchev–Trinajstić information content (AvgIpc) is 2.65. The molecular weight excluding hydrogens is 230 g/mol. The van der Waals surface area contributed by atoms with Gasteiger partial charge in [-0.2, -0.15) is 11.8 Å². The zero-order chi connectivity index (χ0) is 10.4. The first-order valence-corrected chi connectivity index (χ1v) is 6.61. The van der Waals surface area contributed by atoms with Crippen LogP contribution in [0.5, 0.6) is 5.75 Å². The Kier molecular flexibility index (Phi) is 2.34. The lowest BCUT2D eigenvalue weighted by Gasteiger charge is -2.24. The topological polar surface area (TPSA) is 35.2 Å². The maximum absolute atomic E-state index is 6.28. The fourth-order valence-electron chi connectivity index (χ4n) is 2.30. The molecule has 80 valence electrons. The lowest BCUT2D eigenvalue weighted by Crippen LogP contribution is -2.20. The lowest BCUT2D eigenvalue weighted by atomic mass is 9.98. The molecule has 0 aliphatic carbocycles. The Labute approximate surface area is 98.1 Å². The van der Waals surface area contributed by atoms with Gasteiger partial charge in [0.25, 0.3) is 0 Å². The van der Waals surface area contributed by atoms with E-state index in [1.165, 1.54) is 11.1 Å². The second kappa shape index (κ2) is 3.58. The van der Waals surface area contributed by atoms with Crippen LogP contribution in [0, 0.1) is 0 Å². The first-order valence-electron chi connectivity index (χ1n) is 5.07. The Bertz CT molecular complexity index is 422. The number of fused-ring (bicyclic) bond motifs is 3. The molecule has 2 N–H and O–H groups in total. The van der Waals surface area contributed by atoms with Gasteiger partial charge in [-0.25, -0.2) is 0 Å². The summed E-state index contributed by atoms with van der Waals surface area (Å²) in [5, 5.41) is 0.821. The van der Waals surface area contributed by atoms with Gasteiger partial charge in [-0.1, -0.05) is 11.6 Å². The third kappa shape index (κ3) is 1.45. The van der Waals surface area contributed by atoms with Gasteiger partial charge < -0.3 is 10.5 Å². The van der Waals surface area contributed by atoms with Crippen molar-refractivity contribution in [2.45, 2.75) is 18.2 Å². The molecule has 15 heavy (non-hydrogen) atoms. The molecule has 2 nitrogen and oxygen atoms in total. The Hall–Kier alpha value is -0.380. The number of hydrogen-bond acceptors (Lipinski definition) is 3. The molecule has 0 amide bonds. The summed E-state index contributed by atoms with van der Waals surface area (Å²) < 4.78 is 5.67. The van der Waals surface area contributed by atoms with E-state index in [4.69, 9.17) is 22.1 Å². The minimum absolute atomic E-state index is 0.0562. The molecule has 0 fully saturated rings. The van der Waals surface area contributed by atoms with E-state index in [9.17, 15) is 0 Å². The van der Waals surface area contributed by atoms with Crippen LogP contribution >= 0.6 is 23.4 Å². The largest absolute Gasteiger partial charge is 0.493 e. The number of thioether (sulfide) groups is 1. The van der Waals surface area contributed by atoms with Gasteiger partial charge in [0, 0.05) is 34.6 Å². The summed E-state index contributed by atoms with van der Waals surface area (Å²) in [5.41, 5.74) is 9.67. The number of ether oxygens (including phenoxy) is 1. The fourth-order valence-corrected chi connectivity index (χ4v) is 3.72. The van der Waals surface area contributed by atoms with Crippen molar-refractivity contribution in [3.63, 3.8) is 0 Å². The average molecular weight is 242 g/mol. The molecule has 4 heteroatoms. The summed E-state index contributed by atoms with van der Waals surface area (Å²) in [6.45, 7) is 0.780. The van der Waals surface area contributed by atoms with Crippen LogP contribution in [0.25, 0.3) is 0 Å². The molecule has 2 aliphatic heterocycles. The van der Waals surface area contributed by atoms with Crippen molar-refractivity contribution >= 4 is 23.4 Å². The third-order valence-corrected chi connectivity index (χ3v) is 4.38. The van der Waals surface area contributed by atoms with E-state index < -0.39 is 0 Å². The van der Waals surface area contributed by atoms with Gasteiger partial charge in [0.05, 0.1) is 6.61 Å². The van der Waals surface area contributed by atoms with Crippen LogP contribution in [0.4, 0.5) is 0 Å². The first-order chi connectivity index (χ1) is 7.27. The van der Waals surface area contributed by atoms with E-state index in [0.717, 1.165) is 40.9 Å². The smallest absolute Gasteiger partial charge is 0.127 e. The van der Waals surface area contributed by atoms with Crippen molar-refractivity contribution in [1.82, 2.24) is 0 Å². The molecule has 0 unspecified atom stereocenters. The standard InChI is InChI=1S/C11H12ClNOS/c12-8-3-6-1-2-14-11(6)7-4-15-5-9(13)10(7)8/h3,9H,1-2,4-5,13H2/t9-/m1/s1. The normalized spacial score (nSPS) is 23.2. The van der Waals surface area contributed by atoms with E-state index in [1.54, 1.807) is 0 Å². The molecular formula is C11H12ClNOS. The third-order valence-electron chi connectivity index (χ3n) is 2.98. The van der Waals surface area contributed by atoms with E-state index >= 15 is 0 Å². The zero-order valence-electron chi connectivity index (χ0n) is 8.25. The van der Waals surface area contributed by atoms with Crippen LogP contribution in [0.1, 0.15) is 22.7 Å². The van der Waals surface area contributed by atoms with E-state index in [1.807, 2.05) is 17.8 Å². The van der Waals surface area contributed by atoms with Crippen LogP contribution < -0.4 is 10.5 Å². The van der Waals surface area contributed by atoms with Crippen LogP contribution in [-0.2, 0) is 12.2 Å². The number of rotatable bonds is 0. The van der Waals surface area contributed by atoms with Crippen molar-refractivity contribution in [2.75, 3.05) is 12.4 Å². The molecule has 0 saturated heterocycles. The van der Waals surface area contributed by atoms with E-state index in [0.29, 0.717) is 0 Å². The van der Waals surface area contributed by atoms with Crippen molar-refractivity contribution < 1.29 is 4.74 Å². The number of hydrogen-bond donors (Lipinski definition) is 1. The molecule has 0 spiro atoms. The molecule has 2 heterocycles. The molecule has 0 saturated carbocycles. The van der Waals surface area contributed by atoms with Gasteiger partial charge in [0.1, 0.15) is 5.75 Å². The van der Waals surface area contributed by atoms with Gasteiger partial charge in [-0.05, 0) is 17.2 Å². The molecule has 0 aromatic heterocycles. The first kappa shape index (κ1) is 9.82. The highest BCUT2D eigenvalue weighted by Crippen LogP contribution is 2.44. The summed E-state index contributed by atoms with van der Waals surface area (Å²) in [6, 6.07) is 2.08. The van der Waals surface area contributed by atoms with Gasteiger partial charge in [0.2, 0.25) is 0 Å². The predicted molar refractivity (Wildman–Crippen MR) is 63.7 cm³/mol. The Morgan fingerprint density at radius 1 is 1.53 bits per heavy atom. The number of benzene rings is 1. The molecule has 1 aromatic carbocycles. The quantitative estimate of drug-likeness (QED) is 0.758. The summed E-state index contributed by atoms with van der Waals surface area (Å²) in [6.07, 6.45) is 0.974. The SMILES string of the molecule is N[C@@H]1CSCc2c3c(cc(Cl)c21)CCO3. The summed E-state index contributed by atoms with van der Waals surface area (Å²) in [5.74, 6) is 2.98. The van der Waals surface area contributed by atoms with Crippen molar-refractivity contribution in [1.29, 1.82) is 0 Å². The molecule has 0 radical (unpaired) electrons. The highest BCUT2D eigenvalue weighted by molar-refractivity contribution is 7.98. The maximum atomic E-state index is 6.28. The van der Waals surface area contributed by atoms with Crippen LogP contribution in [-0.4, -0.2) is 12.4 Å². The molecule has 3 rings (SSSR count). The maximum Gasteiger partial charge on any atom is 0.127 e. The van der Waals surface area contributed by atoms with Gasteiger partial charge in [-0.3, -0.25) is 0 Å². The summed E-state index contributed by atoms with van der Waals surface area (Å²) >= 11 is 8.13. The molecule has 1 aromatic rings. The van der Waals surface area contributed by atoms with Gasteiger partial charge in [-0.15, -0.1) is 0 Å². The zero-order valence-corrected chi connectivity index (χ0v) is 9.83. The minimum Gasteiger partial charge on any atom is -0.493 e. The van der Waals surface area contributed by atoms with Crippen molar-refractivity contribution in [3.05, 3.63) is 27.8 Å². The molecule has 1 atom stereocenters. The van der Waals surface area contributed by atoms with Gasteiger partial charge in [0.15, 0.2) is 0 Å². The van der Waals surface area contributed by atoms with Crippen molar-refractivity contribution in [2.24, 2.45) is 5.73 Å². The predicted octanol–water partition coefficient (Wildman–Crippen LogP) is 2.52. The Balaban J connectivity index is 2.24. The number of nitrogens with two attached hydrogens (primary N) is 1. The van der Waals surface area contributed by atoms with E-state index in [2.05, 4.69) is 0 Å². The van der Waals surface area contributed by atoms with Crippen LogP contribution in [0.15, 0.2) is 6.07 Å². The second-order valence-corrected chi connectivity index (χ2v) is 5.40. The van der Waals surface area contributed by atoms with E-state index in [-0.39, 0.29) is 6.04 Å². The fraction of sp³-hybridized carbons (Fsp3) is 0.455. The summed E-state index contributed by atoms with van der Waals surface area (Å²) in [7, 11) is 0. The highest BCUT2D eigenvalue weighted by atomic mass is 35.5. The highest BCUT2D eigenvalue weighted by Gasteiger charge is 2.27. The van der Waals surface area contributed by atoms with Gasteiger partial charge >= 0.3 is 0 Å². The second-order valence-electron chi connectivity index (χ2n) is 3.96. The number of halogens is 1. The molecule has 0 bridgehead atoms. The lowest BCUT2D eigenvalue weighted by molar-refractivity contribution is 0.353. The molecule has 2 aliphatic rings. The van der Waals surface area contributed by atoms with Crippen LogP contribution in [0.2, 0.25) is 5.02 Å². The Morgan fingerprint density at radius 2 is 2.40 bits per heavy atom. The van der Waals surface area contributed by atoms with Crippen LogP contribution in [0.3, 0.4) is 0 Å². The van der Waals surface area contributed by atoms with Crippen molar-refractivity contribution in [3.8, 4) is 5.75 Å². The Morgan fingerprint density at radius 3 is 3.27 bits per heavy atom. The summed E-state index contributed by atoms with van der Waals surface area (Å²) in [4.78, 5) is 0.